The van der Waals surface area contributed by atoms with Crippen molar-refractivity contribution in [2.24, 2.45) is 27.8 Å². The van der Waals surface area contributed by atoms with E-state index in [4.69, 9.17) is 5.21 Å². The molecule has 25 heavy (non-hydrogen) atoms. The third-order valence-corrected chi connectivity index (χ3v) is 7.29. The maximum atomic E-state index is 8.74. The first-order valence-electron chi connectivity index (χ1n) is 10.2. The predicted octanol–water partition coefficient (Wildman–Crippen LogP) is 7.14. The minimum atomic E-state index is 0.473. The van der Waals surface area contributed by atoms with E-state index in [2.05, 4.69) is 51.9 Å². The Kier molecular flexibility index (Phi) is 6.56. The Morgan fingerprint density at radius 3 is 2.64 bits per heavy atom. The fourth-order valence-electron chi connectivity index (χ4n) is 5.75. The molecule has 3 atom stereocenters. The fraction of sp³-hybridized carbons (Fsp3) is 0.783. The summed E-state index contributed by atoms with van der Waals surface area (Å²) < 4.78 is 0. The van der Waals surface area contributed by atoms with Crippen LogP contribution in [0.15, 0.2) is 28.5 Å². The van der Waals surface area contributed by atoms with Crippen molar-refractivity contribution < 1.29 is 5.21 Å². The van der Waals surface area contributed by atoms with Gasteiger partial charge in [0.05, 0.1) is 5.71 Å². The molecule has 2 rings (SSSR count). The van der Waals surface area contributed by atoms with Crippen LogP contribution in [0.1, 0.15) is 92.9 Å². The van der Waals surface area contributed by atoms with Gasteiger partial charge in [0.15, 0.2) is 0 Å². The third kappa shape index (κ3) is 4.57. The van der Waals surface area contributed by atoms with E-state index >= 15 is 0 Å². The number of rotatable bonds is 6. The van der Waals surface area contributed by atoms with Crippen molar-refractivity contribution in [1.29, 1.82) is 0 Å². The number of hydrogen-bond donors (Lipinski definition) is 1. The average molecular weight is 346 g/mol. The lowest BCUT2D eigenvalue weighted by Crippen LogP contribution is -2.48. The van der Waals surface area contributed by atoms with Crippen LogP contribution in [0.25, 0.3) is 0 Å². The van der Waals surface area contributed by atoms with E-state index in [-0.39, 0.29) is 0 Å². The molecular formula is C23H39NO. The van der Waals surface area contributed by atoms with Crippen LogP contribution in [0.5, 0.6) is 0 Å². The molecule has 0 aromatic rings. The first-order valence-corrected chi connectivity index (χ1v) is 10.2. The first-order chi connectivity index (χ1) is 11.7. The molecule has 0 radical (unpaired) electrons. The monoisotopic (exact) mass is 345 g/mol. The normalized spacial score (nSPS) is 33.0. The number of oxime groups is 1. The number of nitrogens with zero attached hydrogens (tertiary/aromatic N) is 1. The smallest absolute Gasteiger partial charge is 0.0543 e. The summed E-state index contributed by atoms with van der Waals surface area (Å²) >= 11 is 0. The molecule has 0 aromatic heterocycles. The maximum Gasteiger partial charge on any atom is 0.0543 e. The Bertz CT molecular complexity index is 554. The Morgan fingerprint density at radius 2 is 1.96 bits per heavy atom. The van der Waals surface area contributed by atoms with Gasteiger partial charge in [0.2, 0.25) is 0 Å². The highest BCUT2D eigenvalue weighted by atomic mass is 16.4. The van der Waals surface area contributed by atoms with Gasteiger partial charge in [0.25, 0.3) is 0 Å². The van der Waals surface area contributed by atoms with Crippen molar-refractivity contribution in [3.05, 3.63) is 23.3 Å². The van der Waals surface area contributed by atoms with Crippen LogP contribution in [0, 0.1) is 22.7 Å². The van der Waals surface area contributed by atoms with Crippen molar-refractivity contribution in [2.45, 2.75) is 92.9 Å². The van der Waals surface area contributed by atoms with E-state index in [0.29, 0.717) is 10.8 Å². The molecule has 2 nitrogen and oxygen atoms in total. The molecule has 1 saturated carbocycles. The summed E-state index contributed by atoms with van der Waals surface area (Å²) in [6.07, 6.45) is 14.6. The van der Waals surface area contributed by atoms with Gasteiger partial charge in [-0.2, -0.15) is 0 Å². The van der Waals surface area contributed by atoms with E-state index in [1.165, 1.54) is 44.1 Å². The van der Waals surface area contributed by atoms with E-state index in [1.54, 1.807) is 5.57 Å². The zero-order chi connectivity index (χ0) is 18.7. The molecule has 0 spiro atoms. The number of hydrogen-bond acceptors (Lipinski definition) is 2. The van der Waals surface area contributed by atoms with Crippen LogP contribution < -0.4 is 0 Å². The van der Waals surface area contributed by atoms with Gasteiger partial charge in [-0.05, 0) is 88.4 Å². The molecule has 0 heterocycles. The van der Waals surface area contributed by atoms with Crippen LogP contribution in [0.4, 0.5) is 0 Å². The van der Waals surface area contributed by atoms with Crippen LogP contribution in [0.3, 0.4) is 0 Å². The Balaban J connectivity index is 2.03. The summed E-state index contributed by atoms with van der Waals surface area (Å²) in [5.74, 6) is 1.56. The zero-order valence-corrected chi connectivity index (χ0v) is 17.4. The maximum absolute atomic E-state index is 8.74. The highest BCUT2D eigenvalue weighted by molar-refractivity contribution is 5.81. The Labute approximate surface area is 155 Å². The number of allylic oxidation sites excluding steroid dienone is 4. The van der Waals surface area contributed by atoms with E-state index < -0.39 is 0 Å². The summed E-state index contributed by atoms with van der Waals surface area (Å²) in [5.41, 5.74) is 4.89. The molecule has 2 aliphatic rings. The molecule has 1 fully saturated rings. The second-order valence-corrected chi connectivity index (χ2v) is 9.60. The lowest BCUT2D eigenvalue weighted by molar-refractivity contribution is -0.0390. The van der Waals surface area contributed by atoms with Gasteiger partial charge in [-0.15, -0.1) is 0 Å². The zero-order valence-electron chi connectivity index (χ0n) is 17.4. The molecule has 2 aliphatic carbocycles. The molecule has 1 N–H and O–H groups in total. The van der Waals surface area contributed by atoms with Crippen molar-refractivity contribution >= 4 is 5.71 Å². The van der Waals surface area contributed by atoms with Gasteiger partial charge < -0.3 is 5.21 Å². The van der Waals surface area contributed by atoms with Gasteiger partial charge in [0, 0.05) is 0 Å². The average Bonchev–Trinajstić information content (AvgIpc) is 2.53. The van der Waals surface area contributed by atoms with Crippen LogP contribution in [-0.4, -0.2) is 10.9 Å². The van der Waals surface area contributed by atoms with Crippen molar-refractivity contribution in [3.8, 4) is 0 Å². The molecule has 0 aromatic carbocycles. The van der Waals surface area contributed by atoms with Crippen molar-refractivity contribution in [1.82, 2.24) is 0 Å². The van der Waals surface area contributed by atoms with Gasteiger partial charge in [-0.25, -0.2) is 0 Å². The molecule has 2 heteroatoms. The fourth-order valence-corrected chi connectivity index (χ4v) is 5.75. The lowest BCUT2D eigenvalue weighted by Gasteiger charge is -2.57. The van der Waals surface area contributed by atoms with Gasteiger partial charge in [-0.1, -0.05) is 55.6 Å². The summed E-state index contributed by atoms with van der Waals surface area (Å²) in [4.78, 5) is 0. The van der Waals surface area contributed by atoms with E-state index in [9.17, 15) is 0 Å². The van der Waals surface area contributed by atoms with Gasteiger partial charge >= 0.3 is 0 Å². The van der Waals surface area contributed by atoms with Gasteiger partial charge in [0.1, 0.15) is 0 Å². The van der Waals surface area contributed by atoms with Crippen LogP contribution >= 0.6 is 0 Å². The molecule has 142 valence electrons. The van der Waals surface area contributed by atoms with Crippen molar-refractivity contribution in [3.63, 3.8) is 0 Å². The Hall–Kier alpha value is -1.05. The lowest BCUT2D eigenvalue weighted by atomic mass is 9.48. The molecular weight excluding hydrogens is 306 g/mol. The van der Waals surface area contributed by atoms with Crippen molar-refractivity contribution in [2.75, 3.05) is 0 Å². The number of fused-ring (bicyclic) bond motifs is 1. The van der Waals surface area contributed by atoms with E-state index in [0.717, 1.165) is 30.4 Å². The quantitative estimate of drug-likeness (QED) is 0.236. The topological polar surface area (TPSA) is 32.6 Å². The van der Waals surface area contributed by atoms with E-state index in [1.807, 2.05) is 6.92 Å². The predicted molar refractivity (Wildman–Crippen MR) is 108 cm³/mol. The first kappa shape index (κ1) is 20.3. The summed E-state index contributed by atoms with van der Waals surface area (Å²) in [6.45, 7) is 14.1. The minimum absolute atomic E-state index is 0.473. The summed E-state index contributed by atoms with van der Waals surface area (Å²) in [6, 6.07) is 0. The SMILES string of the molecule is CC(=CCCC(C)=NO)CCC1C(C)=CCC2C(C)(C)CCCC12C. The molecule has 0 amide bonds. The minimum Gasteiger partial charge on any atom is -0.411 e. The highest BCUT2D eigenvalue weighted by Gasteiger charge is 2.51. The third-order valence-electron chi connectivity index (χ3n) is 7.29. The largest absolute Gasteiger partial charge is 0.411 e. The summed E-state index contributed by atoms with van der Waals surface area (Å²) in [7, 11) is 0. The molecule has 0 aliphatic heterocycles. The Morgan fingerprint density at radius 1 is 1.24 bits per heavy atom. The van der Waals surface area contributed by atoms with Crippen LogP contribution in [-0.2, 0) is 0 Å². The second-order valence-electron chi connectivity index (χ2n) is 9.60. The molecule has 3 unspecified atom stereocenters. The van der Waals surface area contributed by atoms with Gasteiger partial charge in [-0.3, -0.25) is 0 Å². The standard InChI is InChI=1S/C23H39NO/c1-17(9-7-10-19(3)24-25)11-13-20-18(2)12-14-21-22(4,5)15-8-16-23(20,21)6/h9,12,20-21,25H,7-8,10-11,13-16H2,1-6H3. The highest BCUT2D eigenvalue weighted by Crippen LogP contribution is 2.60. The summed E-state index contributed by atoms with van der Waals surface area (Å²) in [5, 5.41) is 12.0. The molecule has 0 saturated heterocycles. The van der Waals surface area contributed by atoms with Crippen LogP contribution in [0.2, 0.25) is 0 Å². The second kappa shape index (κ2) is 8.10. The molecule has 0 bridgehead atoms.